The zero-order valence-corrected chi connectivity index (χ0v) is 21.3. The van der Waals surface area contributed by atoms with E-state index in [1.165, 1.54) is 16.7 Å². The molecular weight excluding hydrogens is 460 g/mol. The van der Waals surface area contributed by atoms with Crippen LogP contribution in [0.25, 0.3) is 5.69 Å². The van der Waals surface area contributed by atoms with E-state index in [4.69, 9.17) is 23.8 Å². The van der Waals surface area contributed by atoms with Crippen LogP contribution in [-0.2, 0) is 0 Å². The van der Waals surface area contributed by atoms with Crippen molar-refractivity contribution in [3.63, 3.8) is 0 Å². The standard InChI is InChI=1S/C28H27ClN4S/c1-17-8-7-9-22(14-17)33-27(26(31-28(33)34)24-10-5-6-13-30-24)23-15-19(3)32(20(23)4)25-16-21(29)12-11-18(25)2/h5-16,26-27H,1-4H3,(H,31,34)/t26-,27+/m0/s1. The highest BCUT2D eigenvalue weighted by molar-refractivity contribution is 7.80. The number of hydrogen-bond acceptors (Lipinski definition) is 2. The molecule has 0 saturated carbocycles. The van der Waals surface area contributed by atoms with Gasteiger partial charge in [0.05, 0.1) is 17.8 Å². The van der Waals surface area contributed by atoms with E-state index >= 15 is 0 Å². The third kappa shape index (κ3) is 3.89. The first-order valence-electron chi connectivity index (χ1n) is 11.4. The molecule has 0 bridgehead atoms. The first-order chi connectivity index (χ1) is 16.3. The Morgan fingerprint density at radius 1 is 0.941 bits per heavy atom. The van der Waals surface area contributed by atoms with Gasteiger partial charge in [-0.25, -0.2) is 0 Å². The molecule has 6 heteroatoms. The van der Waals surface area contributed by atoms with Crippen molar-refractivity contribution in [1.29, 1.82) is 0 Å². The maximum Gasteiger partial charge on any atom is 0.174 e. The molecule has 5 rings (SSSR count). The number of benzene rings is 2. The zero-order chi connectivity index (χ0) is 24.0. The van der Waals surface area contributed by atoms with E-state index in [0.717, 1.165) is 33.5 Å². The Kier molecular flexibility index (Phi) is 5.92. The van der Waals surface area contributed by atoms with Gasteiger partial charge >= 0.3 is 0 Å². The average molecular weight is 487 g/mol. The molecular formula is C28H27ClN4S. The Morgan fingerprint density at radius 2 is 1.76 bits per heavy atom. The SMILES string of the molecule is Cc1cccc(N2C(=S)N[C@@H](c3ccccn3)[C@H]2c2cc(C)n(-c3cc(Cl)ccc3C)c2C)c1. The summed E-state index contributed by atoms with van der Waals surface area (Å²) in [4.78, 5) is 6.92. The summed E-state index contributed by atoms with van der Waals surface area (Å²) in [6.45, 7) is 8.54. The lowest BCUT2D eigenvalue weighted by Gasteiger charge is -2.28. The number of hydrogen-bond donors (Lipinski definition) is 1. The number of nitrogens with zero attached hydrogens (tertiary/aromatic N) is 3. The van der Waals surface area contributed by atoms with Crippen molar-refractivity contribution >= 4 is 34.6 Å². The van der Waals surface area contributed by atoms with Gasteiger partial charge in [-0.15, -0.1) is 0 Å². The van der Waals surface area contributed by atoms with Crippen LogP contribution in [0, 0.1) is 27.7 Å². The monoisotopic (exact) mass is 486 g/mol. The largest absolute Gasteiger partial charge is 0.351 e. The second-order valence-electron chi connectivity index (χ2n) is 8.93. The molecule has 4 aromatic rings. The molecule has 1 fully saturated rings. The van der Waals surface area contributed by atoms with Crippen molar-refractivity contribution in [2.45, 2.75) is 39.8 Å². The van der Waals surface area contributed by atoms with E-state index in [9.17, 15) is 0 Å². The smallest absolute Gasteiger partial charge is 0.174 e. The van der Waals surface area contributed by atoms with E-state index in [0.29, 0.717) is 5.11 Å². The molecule has 1 aliphatic heterocycles. The highest BCUT2D eigenvalue weighted by Crippen LogP contribution is 2.44. The minimum absolute atomic E-state index is 0.0522. The van der Waals surface area contributed by atoms with Gasteiger partial charge in [0.25, 0.3) is 0 Å². The average Bonchev–Trinajstić information content (AvgIpc) is 3.31. The molecule has 0 spiro atoms. The van der Waals surface area contributed by atoms with Crippen molar-refractivity contribution in [3.8, 4) is 5.69 Å². The van der Waals surface area contributed by atoms with Crippen LogP contribution < -0.4 is 10.2 Å². The third-order valence-corrected chi connectivity index (χ3v) is 7.13. The first-order valence-corrected chi connectivity index (χ1v) is 12.2. The maximum atomic E-state index is 6.39. The second-order valence-corrected chi connectivity index (χ2v) is 9.75. The first kappa shape index (κ1) is 22.6. The molecule has 0 aliphatic carbocycles. The van der Waals surface area contributed by atoms with Gasteiger partial charge in [0.1, 0.15) is 0 Å². The Bertz CT molecular complexity index is 1380. The summed E-state index contributed by atoms with van der Waals surface area (Å²) in [5.41, 5.74) is 9.03. The van der Waals surface area contributed by atoms with Crippen LogP contribution in [0.2, 0.25) is 5.02 Å². The molecule has 1 saturated heterocycles. The summed E-state index contributed by atoms with van der Waals surface area (Å²) in [5.74, 6) is 0. The Labute approximate surface area is 211 Å². The number of aromatic nitrogens is 2. The lowest BCUT2D eigenvalue weighted by molar-refractivity contribution is 0.565. The fourth-order valence-corrected chi connectivity index (χ4v) is 5.52. The summed E-state index contributed by atoms with van der Waals surface area (Å²) in [5, 5.41) is 5.00. The van der Waals surface area contributed by atoms with Gasteiger partial charge in [0.15, 0.2) is 5.11 Å². The Hall–Kier alpha value is -3.15. The van der Waals surface area contributed by atoms with Crippen LogP contribution in [0.4, 0.5) is 5.69 Å². The minimum atomic E-state index is -0.0800. The highest BCUT2D eigenvalue weighted by Gasteiger charge is 2.42. The Balaban J connectivity index is 1.71. The number of pyridine rings is 1. The van der Waals surface area contributed by atoms with E-state index in [-0.39, 0.29) is 12.1 Å². The number of anilines is 1. The summed E-state index contributed by atoms with van der Waals surface area (Å²) >= 11 is 12.3. The van der Waals surface area contributed by atoms with Crippen LogP contribution >= 0.6 is 23.8 Å². The predicted molar refractivity (Wildman–Crippen MR) is 144 cm³/mol. The third-order valence-electron chi connectivity index (χ3n) is 6.58. The molecule has 172 valence electrons. The zero-order valence-electron chi connectivity index (χ0n) is 19.7. The van der Waals surface area contributed by atoms with Crippen LogP contribution in [0.1, 0.15) is 45.9 Å². The van der Waals surface area contributed by atoms with Crippen LogP contribution in [-0.4, -0.2) is 14.7 Å². The van der Waals surface area contributed by atoms with Crippen LogP contribution in [0.15, 0.2) is 72.9 Å². The summed E-state index contributed by atoms with van der Waals surface area (Å²) < 4.78 is 2.29. The normalized spacial score (nSPS) is 17.8. The number of halogens is 1. The molecule has 2 atom stereocenters. The van der Waals surface area contributed by atoms with Gasteiger partial charge in [0.2, 0.25) is 0 Å². The number of rotatable bonds is 4. The lowest BCUT2D eigenvalue weighted by atomic mass is 9.96. The fourth-order valence-electron chi connectivity index (χ4n) is 5.01. The summed E-state index contributed by atoms with van der Waals surface area (Å²) in [7, 11) is 0. The number of thiocarbonyl (C=S) groups is 1. The fraction of sp³-hybridized carbons (Fsp3) is 0.214. The van der Waals surface area contributed by atoms with E-state index in [1.807, 2.05) is 30.5 Å². The summed E-state index contributed by atoms with van der Waals surface area (Å²) in [6.07, 6.45) is 1.84. The molecule has 1 N–H and O–H groups in total. The molecule has 0 unspecified atom stereocenters. The van der Waals surface area contributed by atoms with Crippen LogP contribution in [0.3, 0.4) is 0 Å². The van der Waals surface area contributed by atoms with Crippen molar-refractivity contribution in [2.24, 2.45) is 0 Å². The number of aryl methyl sites for hydroxylation is 3. The molecule has 2 aromatic heterocycles. The molecule has 3 heterocycles. The lowest BCUT2D eigenvalue weighted by Crippen LogP contribution is -2.29. The van der Waals surface area contributed by atoms with Gasteiger partial charge < -0.3 is 14.8 Å². The summed E-state index contributed by atoms with van der Waals surface area (Å²) in [6, 6.07) is 22.7. The van der Waals surface area contributed by atoms with Gasteiger partial charge in [-0.3, -0.25) is 4.98 Å². The molecule has 4 nitrogen and oxygen atoms in total. The van der Waals surface area contributed by atoms with Gasteiger partial charge in [0, 0.05) is 34.0 Å². The van der Waals surface area contributed by atoms with E-state index in [2.05, 4.69) is 89.9 Å². The van der Waals surface area contributed by atoms with E-state index < -0.39 is 0 Å². The van der Waals surface area contributed by atoms with Crippen molar-refractivity contribution in [2.75, 3.05) is 4.90 Å². The molecule has 2 aromatic carbocycles. The van der Waals surface area contributed by atoms with Crippen molar-refractivity contribution in [1.82, 2.24) is 14.9 Å². The quantitative estimate of drug-likeness (QED) is 0.317. The van der Waals surface area contributed by atoms with Gasteiger partial charge in [-0.1, -0.05) is 35.9 Å². The van der Waals surface area contributed by atoms with Crippen molar-refractivity contribution < 1.29 is 0 Å². The molecule has 1 aliphatic rings. The molecule has 0 radical (unpaired) electrons. The number of nitrogens with one attached hydrogen (secondary N) is 1. The highest BCUT2D eigenvalue weighted by atomic mass is 35.5. The predicted octanol–water partition coefficient (Wildman–Crippen LogP) is 6.94. The second kappa shape index (κ2) is 8.90. The maximum absolute atomic E-state index is 6.39. The molecule has 34 heavy (non-hydrogen) atoms. The topological polar surface area (TPSA) is 33.1 Å². The van der Waals surface area contributed by atoms with Crippen molar-refractivity contribution in [3.05, 3.63) is 112 Å². The Morgan fingerprint density at radius 3 is 2.50 bits per heavy atom. The van der Waals surface area contributed by atoms with Crippen LogP contribution in [0.5, 0.6) is 0 Å². The van der Waals surface area contributed by atoms with E-state index in [1.54, 1.807) is 0 Å². The van der Waals surface area contributed by atoms with Gasteiger partial charge in [-0.2, -0.15) is 0 Å². The molecule has 0 amide bonds. The van der Waals surface area contributed by atoms with Gasteiger partial charge in [-0.05, 0) is 99.1 Å². The minimum Gasteiger partial charge on any atom is -0.351 e.